The summed E-state index contributed by atoms with van der Waals surface area (Å²) in [5.74, 6) is -1.78. The SMILES string of the molecule is Fc1cc(F)c(NCc2cccc3c2OCO3)c(F)c1. The summed E-state index contributed by atoms with van der Waals surface area (Å²) in [5.41, 5.74) is 0.325. The lowest BCUT2D eigenvalue weighted by molar-refractivity contribution is 0.173. The predicted molar refractivity (Wildman–Crippen MR) is 66.2 cm³/mol. The van der Waals surface area contributed by atoms with Gasteiger partial charge in [0.25, 0.3) is 0 Å². The van der Waals surface area contributed by atoms with E-state index < -0.39 is 17.5 Å². The molecule has 3 rings (SSSR count). The fourth-order valence-corrected chi connectivity index (χ4v) is 2.02. The monoisotopic (exact) mass is 281 g/mol. The van der Waals surface area contributed by atoms with E-state index in [1.807, 2.05) is 0 Å². The van der Waals surface area contributed by atoms with Crippen LogP contribution in [0.5, 0.6) is 11.5 Å². The predicted octanol–water partition coefficient (Wildman–Crippen LogP) is 3.44. The highest BCUT2D eigenvalue weighted by Crippen LogP contribution is 2.35. The second-order valence-electron chi connectivity index (χ2n) is 4.25. The van der Waals surface area contributed by atoms with E-state index in [0.717, 1.165) is 0 Å². The molecule has 20 heavy (non-hydrogen) atoms. The number of benzene rings is 2. The smallest absolute Gasteiger partial charge is 0.231 e. The zero-order valence-corrected chi connectivity index (χ0v) is 10.3. The van der Waals surface area contributed by atoms with Crippen LogP contribution in [0.1, 0.15) is 5.56 Å². The molecule has 2 aromatic rings. The van der Waals surface area contributed by atoms with Crippen molar-refractivity contribution in [3.63, 3.8) is 0 Å². The summed E-state index contributed by atoms with van der Waals surface area (Å²) in [5, 5.41) is 2.60. The molecule has 3 nitrogen and oxygen atoms in total. The number of halogens is 3. The lowest BCUT2D eigenvalue weighted by Gasteiger charge is -2.10. The van der Waals surface area contributed by atoms with Gasteiger partial charge in [-0.2, -0.15) is 0 Å². The van der Waals surface area contributed by atoms with E-state index in [1.165, 1.54) is 0 Å². The maximum Gasteiger partial charge on any atom is 0.231 e. The minimum Gasteiger partial charge on any atom is -0.454 e. The van der Waals surface area contributed by atoms with Crippen LogP contribution in [-0.2, 0) is 6.54 Å². The standard InChI is InChI=1S/C14H10F3NO2/c15-9-4-10(16)13(11(17)5-9)18-6-8-2-1-3-12-14(8)20-7-19-12/h1-5,18H,6-7H2. The van der Waals surface area contributed by atoms with Gasteiger partial charge in [-0.25, -0.2) is 13.2 Å². The summed E-state index contributed by atoms with van der Waals surface area (Å²) in [7, 11) is 0. The molecule has 0 atom stereocenters. The van der Waals surface area contributed by atoms with Crippen LogP contribution in [0, 0.1) is 17.5 Å². The number of rotatable bonds is 3. The Hall–Kier alpha value is -2.37. The number of fused-ring (bicyclic) bond motifs is 1. The molecule has 1 N–H and O–H groups in total. The van der Waals surface area contributed by atoms with Gasteiger partial charge in [-0.15, -0.1) is 0 Å². The summed E-state index contributed by atoms with van der Waals surface area (Å²) >= 11 is 0. The van der Waals surface area contributed by atoms with E-state index in [4.69, 9.17) is 9.47 Å². The van der Waals surface area contributed by atoms with Gasteiger partial charge in [0.2, 0.25) is 6.79 Å². The van der Waals surface area contributed by atoms with Crippen molar-refractivity contribution in [1.82, 2.24) is 0 Å². The highest BCUT2D eigenvalue weighted by molar-refractivity contribution is 5.52. The fraction of sp³-hybridized carbons (Fsp3) is 0.143. The van der Waals surface area contributed by atoms with Gasteiger partial charge in [0, 0.05) is 24.2 Å². The minimum absolute atomic E-state index is 0.117. The molecule has 2 aromatic carbocycles. The minimum atomic E-state index is -0.979. The molecule has 0 saturated carbocycles. The van der Waals surface area contributed by atoms with Gasteiger partial charge in [0.1, 0.15) is 11.5 Å². The second-order valence-corrected chi connectivity index (χ2v) is 4.25. The molecule has 0 saturated heterocycles. The van der Waals surface area contributed by atoms with Crippen molar-refractivity contribution in [3.8, 4) is 11.5 Å². The molecule has 6 heteroatoms. The topological polar surface area (TPSA) is 30.5 Å². The Morgan fingerprint density at radius 2 is 1.80 bits per heavy atom. The Morgan fingerprint density at radius 1 is 1.05 bits per heavy atom. The Kier molecular flexibility index (Phi) is 3.14. The summed E-state index contributed by atoms with van der Waals surface area (Å²) in [4.78, 5) is 0. The third-order valence-corrected chi connectivity index (χ3v) is 2.94. The van der Waals surface area contributed by atoms with E-state index >= 15 is 0 Å². The second kappa shape index (κ2) is 4.96. The van der Waals surface area contributed by atoms with Crippen molar-refractivity contribution in [3.05, 3.63) is 53.3 Å². The molecule has 0 bridgehead atoms. The first-order chi connectivity index (χ1) is 9.65. The zero-order chi connectivity index (χ0) is 14.1. The molecule has 0 unspecified atom stereocenters. The molecular weight excluding hydrogens is 271 g/mol. The summed E-state index contributed by atoms with van der Waals surface area (Å²) in [6.45, 7) is 0.248. The molecule has 104 valence electrons. The van der Waals surface area contributed by atoms with E-state index in [9.17, 15) is 13.2 Å². The normalized spacial score (nSPS) is 12.6. The van der Waals surface area contributed by atoms with Crippen molar-refractivity contribution in [2.75, 3.05) is 12.1 Å². The third-order valence-electron chi connectivity index (χ3n) is 2.94. The van der Waals surface area contributed by atoms with Crippen molar-refractivity contribution in [1.29, 1.82) is 0 Å². The molecule has 0 radical (unpaired) electrons. The van der Waals surface area contributed by atoms with E-state index in [-0.39, 0.29) is 19.0 Å². The van der Waals surface area contributed by atoms with Gasteiger partial charge in [-0.05, 0) is 6.07 Å². The lowest BCUT2D eigenvalue weighted by atomic mass is 10.1. The molecule has 0 amide bonds. The largest absolute Gasteiger partial charge is 0.454 e. The van der Waals surface area contributed by atoms with Gasteiger partial charge in [0.15, 0.2) is 23.1 Å². The zero-order valence-electron chi connectivity index (χ0n) is 10.3. The van der Waals surface area contributed by atoms with Crippen LogP contribution < -0.4 is 14.8 Å². The maximum absolute atomic E-state index is 13.5. The van der Waals surface area contributed by atoms with Gasteiger partial charge in [-0.1, -0.05) is 12.1 Å². The summed E-state index contributed by atoms with van der Waals surface area (Å²) in [6, 6.07) is 6.49. The number of anilines is 1. The van der Waals surface area contributed by atoms with Crippen molar-refractivity contribution in [2.24, 2.45) is 0 Å². The number of ether oxygens (including phenoxy) is 2. The van der Waals surface area contributed by atoms with Crippen LogP contribution in [0.2, 0.25) is 0 Å². The van der Waals surface area contributed by atoms with Gasteiger partial charge < -0.3 is 14.8 Å². The highest BCUT2D eigenvalue weighted by Gasteiger charge is 2.18. The van der Waals surface area contributed by atoms with Gasteiger partial charge in [-0.3, -0.25) is 0 Å². The van der Waals surface area contributed by atoms with E-state index in [2.05, 4.69) is 5.32 Å². The van der Waals surface area contributed by atoms with Crippen LogP contribution in [0.4, 0.5) is 18.9 Å². The molecule has 1 aliphatic rings. The Labute approximate surface area is 112 Å². The average Bonchev–Trinajstić information content (AvgIpc) is 2.86. The Morgan fingerprint density at radius 3 is 2.55 bits per heavy atom. The number of para-hydroxylation sites is 1. The number of hydrogen-bond acceptors (Lipinski definition) is 3. The van der Waals surface area contributed by atoms with Crippen molar-refractivity contribution < 1.29 is 22.6 Å². The fourth-order valence-electron chi connectivity index (χ4n) is 2.02. The number of nitrogens with one attached hydrogen (secondary N) is 1. The quantitative estimate of drug-likeness (QED) is 0.934. The first-order valence-electron chi connectivity index (χ1n) is 5.91. The van der Waals surface area contributed by atoms with E-state index in [0.29, 0.717) is 29.2 Å². The molecule has 1 heterocycles. The van der Waals surface area contributed by atoms with Gasteiger partial charge >= 0.3 is 0 Å². The molecule has 0 aromatic heterocycles. The van der Waals surface area contributed by atoms with Crippen LogP contribution in [0.15, 0.2) is 30.3 Å². The maximum atomic E-state index is 13.5. The van der Waals surface area contributed by atoms with Crippen molar-refractivity contribution >= 4 is 5.69 Å². The Bertz CT molecular complexity index is 638. The molecular formula is C14H10F3NO2. The summed E-state index contributed by atoms with van der Waals surface area (Å²) in [6.07, 6.45) is 0. The highest BCUT2D eigenvalue weighted by atomic mass is 19.1. The van der Waals surface area contributed by atoms with Crippen LogP contribution in [0.3, 0.4) is 0 Å². The number of hydrogen-bond donors (Lipinski definition) is 1. The first-order valence-corrected chi connectivity index (χ1v) is 5.91. The molecule has 0 aliphatic carbocycles. The third kappa shape index (κ3) is 2.24. The average molecular weight is 281 g/mol. The van der Waals surface area contributed by atoms with Gasteiger partial charge in [0.05, 0.1) is 0 Å². The van der Waals surface area contributed by atoms with Crippen molar-refractivity contribution in [2.45, 2.75) is 6.54 Å². The van der Waals surface area contributed by atoms with Crippen LogP contribution in [-0.4, -0.2) is 6.79 Å². The Balaban J connectivity index is 1.83. The summed E-state index contributed by atoms with van der Waals surface area (Å²) < 4.78 is 50.3. The molecule has 0 spiro atoms. The lowest BCUT2D eigenvalue weighted by Crippen LogP contribution is -2.05. The first kappa shape index (κ1) is 12.7. The van der Waals surface area contributed by atoms with Crippen LogP contribution in [0.25, 0.3) is 0 Å². The molecule has 1 aliphatic heterocycles. The van der Waals surface area contributed by atoms with Crippen LogP contribution >= 0.6 is 0 Å². The van der Waals surface area contributed by atoms with E-state index in [1.54, 1.807) is 18.2 Å². The molecule has 0 fully saturated rings.